The van der Waals surface area contributed by atoms with Crippen molar-refractivity contribution in [3.63, 3.8) is 0 Å². The van der Waals surface area contributed by atoms with Gasteiger partial charge in [0.15, 0.2) is 11.3 Å². The predicted octanol–water partition coefficient (Wildman–Crippen LogP) is 3.36. The summed E-state index contributed by atoms with van der Waals surface area (Å²) in [5.41, 5.74) is 1.94. The summed E-state index contributed by atoms with van der Waals surface area (Å²) in [5, 5.41) is 0.686. The molecule has 0 saturated carbocycles. The number of unbranched alkanes of at least 4 members (excludes halogenated alkanes) is 2. The zero-order chi connectivity index (χ0) is 15.4. The third-order valence-electron chi connectivity index (χ3n) is 4.20. The number of hydrogen-bond donors (Lipinski definition) is 0. The molecule has 4 nitrogen and oxygen atoms in total. The van der Waals surface area contributed by atoms with Gasteiger partial charge in [-0.15, -0.1) is 0 Å². The van der Waals surface area contributed by atoms with Gasteiger partial charge in [0.05, 0.1) is 18.6 Å². The normalized spacial score (nSPS) is 15.4. The summed E-state index contributed by atoms with van der Waals surface area (Å²) in [6.45, 7) is 5.10. The number of rotatable bonds is 5. The van der Waals surface area contributed by atoms with E-state index in [1.54, 1.807) is 6.07 Å². The van der Waals surface area contributed by atoms with Crippen molar-refractivity contribution in [2.45, 2.75) is 32.6 Å². The first-order valence-corrected chi connectivity index (χ1v) is 8.18. The zero-order valence-corrected chi connectivity index (χ0v) is 13.1. The van der Waals surface area contributed by atoms with Gasteiger partial charge < -0.3 is 14.1 Å². The minimum atomic E-state index is 0.0417. The lowest BCUT2D eigenvalue weighted by Crippen LogP contribution is -2.36. The number of hydrogen-bond acceptors (Lipinski definition) is 4. The van der Waals surface area contributed by atoms with Gasteiger partial charge in [0.25, 0.3) is 0 Å². The van der Waals surface area contributed by atoms with E-state index < -0.39 is 0 Å². The van der Waals surface area contributed by atoms with Crippen LogP contribution < -0.4 is 10.3 Å². The fourth-order valence-corrected chi connectivity index (χ4v) is 2.93. The molecule has 2 heterocycles. The lowest BCUT2D eigenvalue weighted by atomic mass is 10.0. The van der Waals surface area contributed by atoms with E-state index >= 15 is 0 Å². The van der Waals surface area contributed by atoms with E-state index in [9.17, 15) is 4.79 Å². The molecule has 0 N–H and O–H groups in total. The number of benzene rings is 1. The highest BCUT2D eigenvalue weighted by atomic mass is 16.5. The van der Waals surface area contributed by atoms with Crippen LogP contribution in [0.15, 0.2) is 33.5 Å². The van der Waals surface area contributed by atoms with Crippen LogP contribution in [-0.4, -0.2) is 26.3 Å². The van der Waals surface area contributed by atoms with Crippen molar-refractivity contribution in [3.8, 4) is 0 Å². The molecule has 1 fully saturated rings. The lowest BCUT2D eigenvalue weighted by Gasteiger charge is -2.27. The molecule has 22 heavy (non-hydrogen) atoms. The maximum absolute atomic E-state index is 12.4. The van der Waals surface area contributed by atoms with Crippen LogP contribution >= 0.6 is 0 Å². The highest BCUT2D eigenvalue weighted by Gasteiger charge is 2.16. The summed E-state index contributed by atoms with van der Waals surface area (Å²) in [6.07, 6.45) is 4.47. The van der Waals surface area contributed by atoms with Gasteiger partial charge in [-0.1, -0.05) is 31.9 Å². The molecule has 0 amide bonds. The molecule has 0 unspecified atom stereocenters. The van der Waals surface area contributed by atoms with E-state index in [0.717, 1.165) is 37.1 Å². The van der Waals surface area contributed by atoms with Crippen LogP contribution in [0, 0.1) is 0 Å². The molecule has 1 aliphatic rings. The van der Waals surface area contributed by atoms with Gasteiger partial charge in [0, 0.05) is 19.2 Å². The highest BCUT2D eigenvalue weighted by Crippen LogP contribution is 2.24. The van der Waals surface area contributed by atoms with Crippen molar-refractivity contribution in [2.75, 3.05) is 31.2 Å². The average Bonchev–Trinajstić information content (AvgIpc) is 2.56. The maximum Gasteiger partial charge on any atom is 0.200 e. The molecule has 1 aliphatic heterocycles. The number of ether oxygens (including phenoxy) is 1. The number of anilines is 1. The molecule has 2 aromatic rings. The van der Waals surface area contributed by atoms with E-state index in [1.807, 2.05) is 12.1 Å². The molecule has 0 radical (unpaired) electrons. The predicted molar refractivity (Wildman–Crippen MR) is 88.7 cm³/mol. The Morgan fingerprint density at radius 3 is 2.77 bits per heavy atom. The van der Waals surface area contributed by atoms with Gasteiger partial charge in [-0.2, -0.15) is 0 Å². The second kappa shape index (κ2) is 6.97. The Hall–Kier alpha value is -1.81. The molecule has 1 aromatic carbocycles. The SMILES string of the molecule is CCCCCc1cccc2c(=O)cc(N3CCOCC3)oc12. The molecule has 0 spiro atoms. The van der Waals surface area contributed by atoms with E-state index in [4.69, 9.17) is 9.15 Å². The van der Waals surface area contributed by atoms with E-state index in [2.05, 4.69) is 17.9 Å². The quantitative estimate of drug-likeness (QED) is 0.794. The van der Waals surface area contributed by atoms with E-state index in [0.29, 0.717) is 24.5 Å². The molecule has 1 saturated heterocycles. The van der Waals surface area contributed by atoms with Crippen LogP contribution in [0.5, 0.6) is 0 Å². The number of nitrogens with zero attached hydrogens (tertiary/aromatic N) is 1. The molecule has 0 aliphatic carbocycles. The third-order valence-corrected chi connectivity index (χ3v) is 4.20. The van der Waals surface area contributed by atoms with Gasteiger partial charge in [-0.3, -0.25) is 4.79 Å². The first kappa shape index (κ1) is 15.1. The molecule has 0 atom stereocenters. The van der Waals surface area contributed by atoms with Crippen LogP contribution in [0.25, 0.3) is 11.0 Å². The molecular weight excluding hydrogens is 278 g/mol. The summed E-state index contributed by atoms with van der Waals surface area (Å²) in [6, 6.07) is 7.50. The van der Waals surface area contributed by atoms with Crippen LogP contribution in [0.3, 0.4) is 0 Å². The van der Waals surface area contributed by atoms with Crippen LogP contribution in [0.4, 0.5) is 5.88 Å². The second-order valence-electron chi connectivity index (χ2n) is 5.80. The Balaban J connectivity index is 1.98. The van der Waals surface area contributed by atoms with Crippen LogP contribution in [-0.2, 0) is 11.2 Å². The fourth-order valence-electron chi connectivity index (χ4n) is 2.93. The Kier molecular flexibility index (Phi) is 4.78. The monoisotopic (exact) mass is 301 g/mol. The minimum Gasteiger partial charge on any atom is -0.440 e. The Morgan fingerprint density at radius 1 is 1.18 bits per heavy atom. The smallest absolute Gasteiger partial charge is 0.200 e. The number of aryl methyl sites for hydroxylation is 1. The molecular formula is C18H23NO3. The number of fused-ring (bicyclic) bond motifs is 1. The largest absolute Gasteiger partial charge is 0.440 e. The molecule has 1 aromatic heterocycles. The average molecular weight is 301 g/mol. The first-order valence-electron chi connectivity index (χ1n) is 8.18. The Labute approximate surface area is 130 Å². The molecule has 0 bridgehead atoms. The fraction of sp³-hybridized carbons (Fsp3) is 0.500. The Bertz CT molecular complexity index is 686. The van der Waals surface area contributed by atoms with Gasteiger partial charge >= 0.3 is 0 Å². The van der Waals surface area contributed by atoms with Crippen LogP contribution in [0.1, 0.15) is 31.7 Å². The summed E-state index contributed by atoms with van der Waals surface area (Å²) in [4.78, 5) is 14.5. The lowest BCUT2D eigenvalue weighted by molar-refractivity contribution is 0.121. The number of morpholine rings is 1. The second-order valence-corrected chi connectivity index (χ2v) is 5.80. The summed E-state index contributed by atoms with van der Waals surface area (Å²) >= 11 is 0. The van der Waals surface area contributed by atoms with Gasteiger partial charge in [0.1, 0.15) is 5.58 Å². The summed E-state index contributed by atoms with van der Waals surface area (Å²) in [7, 11) is 0. The molecule has 4 heteroatoms. The standard InChI is InChI=1S/C18H23NO3/c1-2-3-4-6-14-7-5-8-15-16(20)13-17(22-18(14)15)19-9-11-21-12-10-19/h5,7-8,13H,2-4,6,9-12H2,1H3. The molecule has 3 rings (SSSR count). The van der Waals surface area contributed by atoms with Gasteiger partial charge in [0.2, 0.25) is 0 Å². The first-order chi connectivity index (χ1) is 10.8. The van der Waals surface area contributed by atoms with Crippen molar-refractivity contribution in [3.05, 3.63) is 40.1 Å². The van der Waals surface area contributed by atoms with Crippen molar-refractivity contribution in [2.24, 2.45) is 0 Å². The van der Waals surface area contributed by atoms with Gasteiger partial charge in [-0.25, -0.2) is 0 Å². The van der Waals surface area contributed by atoms with Gasteiger partial charge in [-0.05, 0) is 24.5 Å². The van der Waals surface area contributed by atoms with Crippen molar-refractivity contribution in [1.29, 1.82) is 0 Å². The third kappa shape index (κ3) is 3.17. The van der Waals surface area contributed by atoms with Crippen molar-refractivity contribution >= 4 is 16.9 Å². The van der Waals surface area contributed by atoms with E-state index in [-0.39, 0.29) is 5.43 Å². The Morgan fingerprint density at radius 2 is 2.00 bits per heavy atom. The minimum absolute atomic E-state index is 0.0417. The van der Waals surface area contributed by atoms with Crippen LogP contribution in [0.2, 0.25) is 0 Å². The van der Waals surface area contributed by atoms with E-state index in [1.165, 1.54) is 12.8 Å². The number of para-hydroxylation sites is 1. The van der Waals surface area contributed by atoms with Crippen molar-refractivity contribution in [1.82, 2.24) is 0 Å². The molecule has 118 valence electrons. The van der Waals surface area contributed by atoms with Crippen molar-refractivity contribution < 1.29 is 9.15 Å². The topological polar surface area (TPSA) is 42.7 Å². The highest BCUT2D eigenvalue weighted by molar-refractivity contribution is 5.80. The summed E-state index contributed by atoms with van der Waals surface area (Å²) < 4.78 is 11.5. The summed E-state index contributed by atoms with van der Waals surface area (Å²) in [5.74, 6) is 0.670. The zero-order valence-electron chi connectivity index (χ0n) is 13.1. The maximum atomic E-state index is 12.4.